The number of rotatable bonds is 7. The monoisotopic (exact) mass is 406 g/mol. The number of benzene rings is 3. The summed E-state index contributed by atoms with van der Waals surface area (Å²) in [5.41, 5.74) is 1.71. The molecular formula is C25H26O5. The van der Waals surface area contributed by atoms with E-state index in [0.29, 0.717) is 5.56 Å². The third-order valence-electron chi connectivity index (χ3n) is 4.66. The van der Waals surface area contributed by atoms with Gasteiger partial charge in [-0.05, 0) is 22.6 Å². The first kappa shape index (κ1) is 21.2. The number of phenols is 1. The number of hydrogen-bond acceptors (Lipinski definition) is 4. The van der Waals surface area contributed by atoms with E-state index in [1.165, 1.54) is 6.07 Å². The van der Waals surface area contributed by atoms with Crippen LogP contribution >= 0.6 is 0 Å². The Morgan fingerprint density at radius 3 is 1.83 bits per heavy atom. The van der Waals surface area contributed by atoms with Gasteiger partial charge in [0.15, 0.2) is 11.5 Å². The van der Waals surface area contributed by atoms with E-state index in [2.05, 4.69) is 0 Å². The van der Waals surface area contributed by atoms with Crippen LogP contribution in [0.2, 0.25) is 0 Å². The van der Waals surface area contributed by atoms with Crippen LogP contribution in [-0.4, -0.2) is 16.2 Å². The second-order valence-electron chi connectivity index (χ2n) is 8.08. The molecule has 3 rings (SSSR count). The molecule has 0 aliphatic carbocycles. The van der Waals surface area contributed by atoms with Crippen LogP contribution in [0.1, 0.15) is 47.8 Å². The Balaban J connectivity index is 2.03. The van der Waals surface area contributed by atoms with Crippen LogP contribution in [-0.2, 0) is 18.6 Å². The van der Waals surface area contributed by atoms with Gasteiger partial charge in [-0.15, -0.1) is 0 Å². The SMILES string of the molecule is CC(C)(C)c1c(C(=O)O)cc(OCc2ccccc2)c(O)c1OCc1ccccc1. The Bertz CT molecular complexity index is 1010. The summed E-state index contributed by atoms with van der Waals surface area (Å²) in [5.74, 6) is -1.09. The summed E-state index contributed by atoms with van der Waals surface area (Å²) in [6.07, 6.45) is 0. The Labute approximate surface area is 176 Å². The average molecular weight is 406 g/mol. The van der Waals surface area contributed by atoms with Crippen molar-refractivity contribution in [1.29, 1.82) is 0 Å². The molecule has 0 saturated heterocycles. The van der Waals surface area contributed by atoms with Crippen molar-refractivity contribution >= 4 is 5.97 Å². The fourth-order valence-electron chi connectivity index (χ4n) is 3.25. The zero-order valence-corrected chi connectivity index (χ0v) is 17.4. The van der Waals surface area contributed by atoms with Crippen molar-refractivity contribution in [2.75, 3.05) is 0 Å². The maximum absolute atomic E-state index is 12.0. The highest BCUT2D eigenvalue weighted by atomic mass is 16.5. The molecular weight excluding hydrogens is 380 g/mol. The van der Waals surface area contributed by atoms with E-state index in [9.17, 15) is 15.0 Å². The molecule has 0 atom stereocenters. The molecule has 0 aliphatic rings. The number of aromatic carboxylic acids is 1. The first-order chi connectivity index (χ1) is 14.3. The lowest BCUT2D eigenvalue weighted by Gasteiger charge is -2.26. The molecule has 0 aromatic heterocycles. The predicted octanol–water partition coefficient (Wildman–Crippen LogP) is 5.55. The van der Waals surface area contributed by atoms with Crippen molar-refractivity contribution in [3.63, 3.8) is 0 Å². The lowest BCUT2D eigenvalue weighted by Crippen LogP contribution is -2.19. The van der Waals surface area contributed by atoms with Gasteiger partial charge in [-0.25, -0.2) is 4.79 Å². The third-order valence-corrected chi connectivity index (χ3v) is 4.66. The fourth-order valence-corrected chi connectivity index (χ4v) is 3.25. The normalized spacial score (nSPS) is 11.2. The standard InChI is InChI=1S/C25H26O5/c1-25(2,3)21-19(24(27)28)14-20(29-15-17-10-6-4-7-11-17)22(26)23(21)30-16-18-12-8-5-9-13-18/h4-14,26H,15-16H2,1-3H3,(H,27,28). The van der Waals surface area contributed by atoms with E-state index in [1.54, 1.807) is 0 Å². The van der Waals surface area contributed by atoms with Gasteiger partial charge in [0.25, 0.3) is 0 Å². The molecule has 2 N–H and O–H groups in total. The van der Waals surface area contributed by atoms with Gasteiger partial charge >= 0.3 is 5.97 Å². The number of carboxylic acid groups (broad SMARTS) is 1. The number of phenolic OH excluding ortho intramolecular Hbond substituents is 1. The number of hydrogen-bond donors (Lipinski definition) is 2. The summed E-state index contributed by atoms with van der Waals surface area (Å²) in [6, 6.07) is 20.3. The van der Waals surface area contributed by atoms with Gasteiger partial charge in [0, 0.05) is 5.56 Å². The molecule has 0 amide bonds. The molecule has 0 fully saturated rings. The number of aromatic hydroxyl groups is 1. The van der Waals surface area contributed by atoms with Crippen LogP contribution in [0.5, 0.6) is 17.2 Å². The second kappa shape index (κ2) is 8.91. The van der Waals surface area contributed by atoms with Crippen LogP contribution in [0.3, 0.4) is 0 Å². The van der Waals surface area contributed by atoms with E-state index in [-0.39, 0.29) is 36.0 Å². The van der Waals surface area contributed by atoms with Gasteiger partial charge < -0.3 is 19.7 Å². The maximum atomic E-state index is 12.0. The van der Waals surface area contributed by atoms with Gasteiger partial charge in [0.05, 0.1) is 5.56 Å². The summed E-state index contributed by atoms with van der Waals surface area (Å²) in [6.45, 7) is 6.04. The van der Waals surface area contributed by atoms with Crippen LogP contribution < -0.4 is 9.47 Å². The highest BCUT2D eigenvalue weighted by Crippen LogP contribution is 2.46. The van der Waals surface area contributed by atoms with Crippen LogP contribution in [0.25, 0.3) is 0 Å². The van der Waals surface area contributed by atoms with E-state index >= 15 is 0 Å². The average Bonchev–Trinajstić information content (AvgIpc) is 2.72. The van der Waals surface area contributed by atoms with Crippen molar-refractivity contribution in [2.45, 2.75) is 39.4 Å². The largest absolute Gasteiger partial charge is 0.502 e. The smallest absolute Gasteiger partial charge is 0.336 e. The van der Waals surface area contributed by atoms with Gasteiger partial charge in [0.2, 0.25) is 5.75 Å². The van der Waals surface area contributed by atoms with Crippen molar-refractivity contribution in [3.05, 3.63) is 89.0 Å². The summed E-state index contributed by atoms with van der Waals surface area (Å²) in [4.78, 5) is 12.0. The minimum atomic E-state index is -1.10. The zero-order chi connectivity index (χ0) is 21.7. The van der Waals surface area contributed by atoms with Crippen LogP contribution in [0.4, 0.5) is 0 Å². The quantitative estimate of drug-likeness (QED) is 0.538. The second-order valence-corrected chi connectivity index (χ2v) is 8.08. The van der Waals surface area contributed by atoms with Crippen molar-refractivity contribution < 1.29 is 24.5 Å². The first-order valence-electron chi connectivity index (χ1n) is 9.74. The molecule has 30 heavy (non-hydrogen) atoms. The van der Waals surface area contributed by atoms with E-state index in [0.717, 1.165) is 11.1 Å². The van der Waals surface area contributed by atoms with Crippen molar-refractivity contribution in [1.82, 2.24) is 0 Å². The highest BCUT2D eigenvalue weighted by molar-refractivity contribution is 5.92. The minimum absolute atomic E-state index is 0.0476. The molecule has 0 radical (unpaired) electrons. The molecule has 0 unspecified atom stereocenters. The van der Waals surface area contributed by atoms with Crippen LogP contribution in [0, 0.1) is 0 Å². The number of carboxylic acids is 1. The third kappa shape index (κ3) is 4.92. The van der Waals surface area contributed by atoms with Gasteiger partial charge in [-0.1, -0.05) is 81.4 Å². The molecule has 5 nitrogen and oxygen atoms in total. The maximum Gasteiger partial charge on any atom is 0.336 e. The Kier molecular flexibility index (Phi) is 6.31. The summed E-state index contributed by atoms with van der Waals surface area (Å²) in [5, 5.41) is 20.8. The van der Waals surface area contributed by atoms with Crippen LogP contribution in [0.15, 0.2) is 66.7 Å². The molecule has 0 bridgehead atoms. The molecule has 156 valence electrons. The van der Waals surface area contributed by atoms with E-state index in [4.69, 9.17) is 9.47 Å². The summed E-state index contributed by atoms with van der Waals surface area (Å²) in [7, 11) is 0. The molecule has 0 heterocycles. The Morgan fingerprint density at radius 2 is 1.37 bits per heavy atom. The van der Waals surface area contributed by atoms with Crippen molar-refractivity contribution in [3.8, 4) is 17.2 Å². The summed E-state index contributed by atoms with van der Waals surface area (Å²) >= 11 is 0. The molecule has 3 aromatic carbocycles. The highest BCUT2D eigenvalue weighted by Gasteiger charge is 2.31. The fraction of sp³-hybridized carbons (Fsp3) is 0.240. The number of ether oxygens (including phenoxy) is 2. The van der Waals surface area contributed by atoms with Gasteiger partial charge in [0.1, 0.15) is 13.2 Å². The minimum Gasteiger partial charge on any atom is -0.502 e. The Hall–Kier alpha value is -3.47. The topological polar surface area (TPSA) is 76.0 Å². The van der Waals surface area contributed by atoms with Gasteiger partial charge in [-0.2, -0.15) is 0 Å². The van der Waals surface area contributed by atoms with E-state index < -0.39 is 11.4 Å². The predicted molar refractivity (Wildman–Crippen MR) is 115 cm³/mol. The molecule has 5 heteroatoms. The molecule has 3 aromatic rings. The zero-order valence-electron chi connectivity index (χ0n) is 17.4. The molecule has 0 saturated carbocycles. The first-order valence-corrected chi connectivity index (χ1v) is 9.74. The van der Waals surface area contributed by atoms with Crippen molar-refractivity contribution in [2.24, 2.45) is 0 Å². The summed E-state index contributed by atoms with van der Waals surface area (Å²) < 4.78 is 11.8. The molecule has 0 aliphatic heterocycles. The van der Waals surface area contributed by atoms with E-state index in [1.807, 2.05) is 81.4 Å². The van der Waals surface area contributed by atoms with Gasteiger partial charge in [-0.3, -0.25) is 0 Å². The molecule has 0 spiro atoms. The lowest BCUT2D eigenvalue weighted by atomic mass is 9.82. The lowest BCUT2D eigenvalue weighted by molar-refractivity contribution is 0.0692. The number of carbonyl (C=O) groups is 1. The Morgan fingerprint density at radius 1 is 0.867 bits per heavy atom.